The van der Waals surface area contributed by atoms with E-state index in [1.54, 1.807) is 21.1 Å². The summed E-state index contributed by atoms with van der Waals surface area (Å²) in [6.45, 7) is 6.47. The molecule has 7 nitrogen and oxygen atoms in total. The van der Waals surface area contributed by atoms with Crippen LogP contribution in [0.25, 0.3) is 5.57 Å². The summed E-state index contributed by atoms with van der Waals surface area (Å²) in [5, 5.41) is 0. The number of methoxy groups -OCH3 is 2. The zero-order valence-corrected chi connectivity index (χ0v) is 16.5. The smallest absolute Gasteiger partial charge is 0.277 e. The summed E-state index contributed by atoms with van der Waals surface area (Å²) in [6, 6.07) is 7.25. The second-order valence-corrected chi connectivity index (χ2v) is 6.01. The fourth-order valence-corrected chi connectivity index (χ4v) is 3.03. The lowest BCUT2D eigenvalue weighted by Gasteiger charge is -2.25. The van der Waals surface area contributed by atoms with Gasteiger partial charge in [-0.1, -0.05) is 12.1 Å². The van der Waals surface area contributed by atoms with E-state index in [2.05, 4.69) is 0 Å². The van der Waals surface area contributed by atoms with Crippen LogP contribution in [-0.4, -0.2) is 75.3 Å². The molecule has 0 saturated heterocycles. The van der Waals surface area contributed by atoms with Crippen LogP contribution in [0.1, 0.15) is 19.4 Å². The summed E-state index contributed by atoms with van der Waals surface area (Å²) in [4.78, 5) is 29.1. The van der Waals surface area contributed by atoms with Gasteiger partial charge in [-0.15, -0.1) is 0 Å². The molecule has 1 aliphatic rings. The SMILES string of the molecule is CCOc1ccc(C2=C(N(CCOC)CCOC)C(=O)N(CC)C2=O)cc1. The van der Waals surface area contributed by atoms with E-state index < -0.39 is 0 Å². The number of imide groups is 1. The van der Waals surface area contributed by atoms with Gasteiger partial charge in [-0.3, -0.25) is 14.5 Å². The monoisotopic (exact) mass is 376 g/mol. The molecule has 1 aromatic rings. The molecule has 27 heavy (non-hydrogen) atoms. The highest BCUT2D eigenvalue weighted by Crippen LogP contribution is 2.32. The summed E-state index contributed by atoms with van der Waals surface area (Å²) in [6.07, 6.45) is 0. The van der Waals surface area contributed by atoms with Crippen LogP contribution in [0.3, 0.4) is 0 Å². The number of hydrogen-bond donors (Lipinski definition) is 0. The predicted molar refractivity (Wildman–Crippen MR) is 102 cm³/mol. The molecule has 2 rings (SSSR count). The third-order valence-electron chi connectivity index (χ3n) is 4.36. The first-order valence-corrected chi connectivity index (χ1v) is 9.15. The molecular formula is C20H28N2O5. The van der Waals surface area contributed by atoms with E-state index in [1.165, 1.54) is 4.90 Å². The maximum Gasteiger partial charge on any atom is 0.277 e. The molecule has 0 N–H and O–H groups in total. The van der Waals surface area contributed by atoms with Gasteiger partial charge in [0.05, 0.1) is 25.4 Å². The van der Waals surface area contributed by atoms with Crippen molar-refractivity contribution in [1.29, 1.82) is 0 Å². The zero-order valence-electron chi connectivity index (χ0n) is 16.5. The lowest BCUT2D eigenvalue weighted by atomic mass is 10.0. The third kappa shape index (κ3) is 4.67. The van der Waals surface area contributed by atoms with Gasteiger partial charge in [-0.25, -0.2) is 0 Å². The van der Waals surface area contributed by atoms with E-state index in [-0.39, 0.29) is 11.8 Å². The molecule has 0 atom stereocenters. The van der Waals surface area contributed by atoms with Crippen LogP contribution in [0.2, 0.25) is 0 Å². The minimum absolute atomic E-state index is 0.276. The quantitative estimate of drug-likeness (QED) is 0.549. The molecule has 0 fully saturated rings. The van der Waals surface area contributed by atoms with E-state index in [4.69, 9.17) is 14.2 Å². The highest BCUT2D eigenvalue weighted by molar-refractivity contribution is 6.35. The van der Waals surface area contributed by atoms with E-state index in [0.29, 0.717) is 56.3 Å². The van der Waals surface area contributed by atoms with Crippen LogP contribution in [0.4, 0.5) is 0 Å². The summed E-state index contributed by atoms with van der Waals surface area (Å²) in [5.41, 5.74) is 1.51. The number of likely N-dealkylation sites (N-methyl/N-ethyl adjacent to an activating group) is 1. The number of nitrogens with zero attached hydrogens (tertiary/aromatic N) is 2. The first-order chi connectivity index (χ1) is 13.1. The molecular weight excluding hydrogens is 348 g/mol. The fraction of sp³-hybridized carbons (Fsp3) is 0.500. The number of rotatable bonds is 11. The number of carbonyl (C=O) groups excluding carboxylic acids is 2. The topological polar surface area (TPSA) is 68.3 Å². The second kappa shape index (κ2) is 10.1. The molecule has 1 heterocycles. The van der Waals surface area contributed by atoms with Crippen molar-refractivity contribution in [3.05, 3.63) is 35.5 Å². The van der Waals surface area contributed by atoms with Crippen molar-refractivity contribution in [2.24, 2.45) is 0 Å². The first-order valence-electron chi connectivity index (χ1n) is 9.15. The molecule has 1 aromatic carbocycles. The summed E-state index contributed by atoms with van der Waals surface area (Å²) in [7, 11) is 3.21. The molecule has 0 radical (unpaired) electrons. The Morgan fingerprint density at radius 2 is 1.52 bits per heavy atom. The van der Waals surface area contributed by atoms with Gasteiger partial charge in [-0.2, -0.15) is 0 Å². The van der Waals surface area contributed by atoms with E-state index in [0.717, 1.165) is 5.75 Å². The van der Waals surface area contributed by atoms with Gasteiger partial charge < -0.3 is 19.1 Å². The molecule has 7 heteroatoms. The molecule has 2 amide bonds. The lowest BCUT2D eigenvalue weighted by molar-refractivity contribution is -0.137. The van der Waals surface area contributed by atoms with Crippen LogP contribution >= 0.6 is 0 Å². The van der Waals surface area contributed by atoms with E-state index in [1.807, 2.05) is 36.1 Å². The summed E-state index contributed by atoms with van der Waals surface area (Å²) >= 11 is 0. The average Bonchev–Trinajstić information content (AvgIpc) is 2.93. The van der Waals surface area contributed by atoms with Crippen LogP contribution < -0.4 is 4.74 Å². The zero-order chi connectivity index (χ0) is 19.8. The van der Waals surface area contributed by atoms with Gasteiger partial charge in [0.1, 0.15) is 11.4 Å². The summed E-state index contributed by atoms with van der Waals surface area (Å²) in [5.74, 6) is 0.170. The van der Waals surface area contributed by atoms with Crippen molar-refractivity contribution in [2.75, 3.05) is 53.7 Å². The maximum absolute atomic E-state index is 13.0. The minimum Gasteiger partial charge on any atom is -0.494 e. The van der Waals surface area contributed by atoms with Crippen LogP contribution in [0, 0.1) is 0 Å². The van der Waals surface area contributed by atoms with Crippen molar-refractivity contribution < 1.29 is 23.8 Å². The molecule has 0 aromatic heterocycles. The Morgan fingerprint density at radius 1 is 0.926 bits per heavy atom. The second-order valence-electron chi connectivity index (χ2n) is 6.01. The van der Waals surface area contributed by atoms with Crippen molar-refractivity contribution in [2.45, 2.75) is 13.8 Å². The van der Waals surface area contributed by atoms with Gasteiger partial charge >= 0.3 is 0 Å². The van der Waals surface area contributed by atoms with Gasteiger partial charge in [0.15, 0.2) is 0 Å². The maximum atomic E-state index is 13.0. The van der Waals surface area contributed by atoms with Crippen molar-refractivity contribution in [3.63, 3.8) is 0 Å². The molecule has 148 valence electrons. The highest BCUT2D eigenvalue weighted by Gasteiger charge is 2.40. The van der Waals surface area contributed by atoms with E-state index >= 15 is 0 Å². The van der Waals surface area contributed by atoms with Crippen molar-refractivity contribution in [1.82, 2.24) is 9.80 Å². The number of amides is 2. The Morgan fingerprint density at radius 3 is 2.00 bits per heavy atom. The van der Waals surface area contributed by atoms with Crippen LogP contribution in [-0.2, 0) is 19.1 Å². The molecule has 0 saturated carbocycles. The first kappa shape index (κ1) is 20.9. The molecule has 0 bridgehead atoms. The lowest BCUT2D eigenvalue weighted by Crippen LogP contribution is -2.37. The molecule has 0 spiro atoms. The minimum atomic E-state index is -0.279. The van der Waals surface area contributed by atoms with Crippen molar-refractivity contribution in [3.8, 4) is 5.75 Å². The van der Waals surface area contributed by atoms with E-state index in [9.17, 15) is 9.59 Å². The van der Waals surface area contributed by atoms with Gasteiger partial charge in [0.2, 0.25) is 0 Å². The Kier molecular flexibility index (Phi) is 7.82. The largest absolute Gasteiger partial charge is 0.494 e. The van der Waals surface area contributed by atoms with Gasteiger partial charge in [0, 0.05) is 33.9 Å². The average molecular weight is 376 g/mol. The van der Waals surface area contributed by atoms with Crippen LogP contribution in [0.5, 0.6) is 5.75 Å². The number of hydrogen-bond acceptors (Lipinski definition) is 6. The summed E-state index contributed by atoms with van der Waals surface area (Å²) < 4.78 is 15.8. The molecule has 0 aliphatic carbocycles. The van der Waals surface area contributed by atoms with Crippen molar-refractivity contribution >= 4 is 17.4 Å². The Balaban J connectivity index is 2.48. The number of benzene rings is 1. The Labute approximate surface area is 160 Å². The molecule has 1 aliphatic heterocycles. The van der Waals surface area contributed by atoms with Gasteiger partial charge in [-0.05, 0) is 31.5 Å². The normalized spacial score (nSPS) is 14.3. The molecule has 0 unspecified atom stereocenters. The Hall–Kier alpha value is -2.38. The fourth-order valence-electron chi connectivity index (χ4n) is 3.03. The predicted octanol–water partition coefficient (Wildman–Crippen LogP) is 1.78. The Bertz CT molecular complexity index is 676. The van der Waals surface area contributed by atoms with Crippen LogP contribution in [0.15, 0.2) is 30.0 Å². The third-order valence-corrected chi connectivity index (χ3v) is 4.36. The highest BCUT2D eigenvalue weighted by atomic mass is 16.5. The number of carbonyl (C=O) groups is 2. The standard InChI is InChI=1S/C20H28N2O5/c1-5-22-19(23)17(15-7-9-16(10-8-15)27-6-2)18(20(22)24)21(11-13-25-3)12-14-26-4/h7-10H,5-6,11-14H2,1-4H3. The van der Waals surface area contributed by atoms with Gasteiger partial charge in [0.25, 0.3) is 11.8 Å². The number of ether oxygens (including phenoxy) is 3.